The first-order valence-corrected chi connectivity index (χ1v) is 6.16. The van der Waals surface area contributed by atoms with Crippen LogP contribution in [0, 0.1) is 0 Å². The molecule has 16 heavy (non-hydrogen) atoms. The number of nitrogens with zero attached hydrogens (tertiary/aromatic N) is 1. The second-order valence-electron chi connectivity index (χ2n) is 5.29. The summed E-state index contributed by atoms with van der Waals surface area (Å²) >= 11 is 0. The molecule has 1 saturated heterocycles. The van der Waals surface area contributed by atoms with Crippen molar-refractivity contribution in [2.24, 2.45) is 0 Å². The highest BCUT2D eigenvalue weighted by atomic mass is 16.4. The predicted octanol–water partition coefficient (Wildman–Crippen LogP) is 1.31. The molecule has 1 heterocycles. The molecule has 0 aromatic heterocycles. The fourth-order valence-corrected chi connectivity index (χ4v) is 2.17. The van der Waals surface area contributed by atoms with Crippen LogP contribution in [0.4, 0.5) is 0 Å². The summed E-state index contributed by atoms with van der Waals surface area (Å²) in [4.78, 5) is 13.1. The Bertz CT molecular complexity index is 241. The summed E-state index contributed by atoms with van der Waals surface area (Å²) in [5.74, 6) is -0.715. The van der Waals surface area contributed by atoms with Crippen molar-refractivity contribution in [1.82, 2.24) is 10.2 Å². The van der Waals surface area contributed by atoms with Gasteiger partial charge in [0.1, 0.15) is 0 Å². The number of rotatable bonds is 5. The van der Waals surface area contributed by atoms with Crippen molar-refractivity contribution in [3.63, 3.8) is 0 Å². The van der Waals surface area contributed by atoms with Crippen LogP contribution in [0.15, 0.2) is 0 Å². The molecule has 0 spiro atoms. The van der Waals surface area contributed by atoms with Crippen molar-refractivity contribution in [1.29, 1.82) is 0 Å². The number of nitrogens with one attached hydrogen (secondary N) is 1. The van der Waals surface area contributed by atoms with Gasteiger partial charge in [-0.15, -0.1) is 0 Å². The molecular weight excluding hydrogens is 204 g/mol. The molecule has 1 unspecified atom stereocenters. The number of hydrogen-bond acceptors (Lipinski definition) is 3. The van der Waals surface area contributed by atoms with Crippen molar-refractivity contribution in [3.05, 3.63) is 0 Å². The Morgan fingerprint density at radius 3 is 2.81 bits per heavy atom. The molecule has 0 saturated carbocycles. The maximum absolute atomic E-state index is 10.7. The lowest BCUT2D eigenvalue weighted by Crippen LogP contribution is -2.62. The Morgan fingerprint density at radius 2 is 2.25 bits per heavy atom. The molecule has 94 valence electrons. The lowest BCUT2D eigenvalue weighted by Gasteiger charge is -2.46. The summed E-state index contributed by atoms with van der Waals surface area (Å²) in [5, 5.41) is 12.1. The van der Waals surface area contributed by atoms with Crippen LogP contribution in [-0.2, 0) is 4.79 Å². The normalized spacial score (nSPS) is 25.6. The Hall–Kier alpha value is -0.610. The van der Waals surface area contributed by atoms with E-state index in [9.17, 15) is 4.79 Å². The van der Waals surface area contributed by atoms with Crippen molar-refractivity contribution in [3.8, 4) is 0 Å². The Labute approximate surface area is 98.0 Å². The van der Waals surface area contributed by atoms with E-state index in [1.165, 1.54) is 12.8 Å². The zero-order valence-electron chi connectivity index (χ0n) is 10.6. The third-order valence-electron chi connectivity index (χ3n) is 3.32. The molecule has 4 nitrogen and oxygen atoms in total. The largest absolute Gasteiger partial charge is 0.481 e. The number of unbranched alkanes of at least 4 members (excludes halogenated alkanes) is 1. The van der Waals surface area contributed by atoms with Crippen LogP contribution in [0.25, 0.3) is 0 Å². The van der Waals surface area contributed by atoms with Gasteiger partial charge in [-0.2, -0.15) is 0 Å². The van der Waals surface area contributed by atoms with Crippen LogP contribution in [0.5, 0.6) is 0 Å². The topological polar surface area (TPSA) is 52.6 Å². The van der Waals surface area contributed by atoms with Crippen LogP contribution in [-0.4, -0.2) is 47.2 Å². The molecule has 0 radical (unpaired) electrons. The Kier molecular flexibility index (Phi) is 4.74. The van der Waals surface area contributed by atoms with Crippen molar-refractivity contribution in [2.75, 3.05) is 19.6 Å². The van der Waals surface area contributed by atoms with Crippen molar-refractivity contribution < 1.29 is 9.90 Å². The second kappa shape index (κ2) is 5.64. The third kappa shape index (κ3) is 3.76. The first-order chi connectivity index (χ1) is 7.45. The van der Waals surface area contributed by atoms with Crippen LogP contribution in [0.3, 0.4) is 0 Å². The van der Waals surface area contributed by atoms with Crippen molar-refractivity contribution >= 4 is 5.97 Å². The molecule has 0 bridgehead atoms. The summed E-state index contributed by atoms with van der Waals surface area (Å²) in [7, 11) is 0. The van der Waals surface area contributed by atoms with Gasteiger partial charge in [0.25, 0.3) is 0 Å². The molecule has 0 amide bonds. The van der Waals surface area contributed by atoms with Gasteiger partial charge in [0.2, 0.25) is 0 Å². The van der Waals surface area contributed by atoms with Crippen LogP contribution < -0.4 is 5.32 Å². The summed E-state index contributed by atoms with van der Waals surface area (Å²) in [6.07, 6.45) is 2.59. The van der Waals surface area contributed by atoms with Gasteiger partial charge in [-0.25, -0.2) is 0 Å². The lowest BCUT2D eigenvalue weighted by atomic mass is 9.96. The molecule has 1 atom stereocenters. The van der Waals surface area contributed by atoms with Gasteiger partial charge in [0.15, 0.2) is 0 Å². The minimum absolute atomic E-state index is 0.0994. The van der Waals surface area contributed by atoms with E-state index in [1.807, 2.05) is 0 Å². The van der Waals surface area contributed by atoms with E-state index in [2.05, 4.69) is 31.0 Å². The number of carboxylic acid groups (broad SMARTS) is 1. The van der Waals surface area contributed by atoms with E-state index in [1.54, 1.807) is 0 Å². The second-order valence-corrected chi connectivity index (χ2v) is 5.29. The highest BCUT2D eigenvalue weighted by molar-refractivity contribution is 5.67. The quantitative estimate of drug-likeness (QED) is 0.745. The Balaban J connectivity index is 2.51. The van der Waals surface area contributed by atoms with Crippen LogP contribution in [0.2, 0.25) is 0 Å². The SMILES string of the molecule is CCCCN1CC(CC(=O)O)NCC1(C)C. The molecule has 4 heteroatoms. The summed E-state index contributed by atoms with van der Waals surface area (Å²) in [6.45, 7) is 9.40. The van der Waals surface area contributed by atoms with Gasteiger partial charge >= 0.3 is 5.97 Å². The van der Waals surface area contributed by atoms with E-state index in [4.69, 9.17) is 5.11 Å². The predicted molar refractivity (Wildman–Crippen MR) is 64.6 cm³/mol. The summed E-state index contributed by atoms with van der Waals surface area (Å²) in [6, 6.07) is 0.0994. The Morgan fingerprint density at radius 1 is 1.56 bits per heavy atom. The fourth-order valence-electron chi connectivity index (χ4n) is 2.17. The summed E-state index contributed by atoms with van der Waals surface area (Å²) < 4.78 is 0. The smallest absolute Gasteiger partial charge is 0.304 e. The zero-order chi connectivity index (χ0) is 12.2. The van der Waals surface area contributed by atoms with Crippen molar-refractivity contribution in [2.45, 2.75) is 51.6 Å². The first-order valence-electron chi connectivity index (χ1n) is 6.16. The highest BCUT2D eigenvalue weighted by Crippen LogP contribution is 2.20. The maximum Gasteiger partial charge on any atom is 0.304 e. The molecule has 0 aliphatic carbocycles. The minimum Gasteiger partial charge on any atom is -0.481 e. The number of carbonyl (C=O) groups is 1. The molecule has 2 N–H and O–H groups in total. The van der Waals surface area contributed by atoms with Gasteiger partial charge in [-0.1, -0.05) is 13.3 Å². The number of hydrogen-bond donors (Lipinski definition) is 2. The van der Waals surface area contributed by atoms with Gasteiger partial charge in [-0.3, -0.25) is 9.69 Å². The van der Waals surface area contributed by atoms with Crippen LogP contribution in [0.1, 0.15) is 40.0 Å². The molecule has 1 aliphatic heterocycles. The lowest BCUT2D eigenvalue weighted by molar-refractivity contribution is -0.138. The average Bonchev–Trinajstić information content (AvgIpc) is 2.18. The van der Waals surface area contributed by atoms with E-state index in [-0.39, 0.29) is 18.0 Å². The summed E-state index contributed by atoms with van der Waals surface area (Å²) in [5.41, 5.74) is 0.143. The maximum atomic E-state index is 10.7. The standard InChI is InChI=1S/C12H24N2O2/c1-4-5-6-14-8-10(7-11(15)16)13-9-12(14,2)3/h10,13H,4-9H2,1-3H3,(H,15,16). The molecule has 1 fully saturated rings. The fraction of sp³-hybridized carbons (Fsp3) is 0.917. The van der Waals surface area contributed by atoms with E-state index in [0.29, 0.717) is 0 Å². The minimum atomic E-state index is -0.715. The highest BCUT2D eigenvalue weighted by Gasteiger charge is 2.33. The van der Waals surface area contributed by atoms with E-state index in [0.717, 1.165) is 19.6 Å². The van der Waals surface area contributed by atoms with Crippen LogP contribution >= 0.6 is 0 Å². The zero-order valence-corrected chi connectivity index (χ0v) is 10.6. The molecule has 0 aromatic rings. The monoisotopic (exact) mass is 228 g/mol. The van der Waals surface area contributed by atoms with Gasteiger partial charge < -0.3 is 10.4 Å². The molecule has 1 aliphatic rings. The number of carboxylic acids is 1. The van der Waals surface area contributed by atoms with Gasteiger partial charge in [-0.05, 0) is 26.8 Å². The van der Waals surface area contributed by atoms with E-state index < -0.39 is 5.97 Å². The van der Waals surface area contributed by atoms with Gasteiger partial charge in [0, 0.05) is 24.7 Å². The molecular formula is C12H24N2O2. The average molecular weight is 228 g/mol. The van der Waals surface area contributed by atoms with Gasteiger partial charge in [0.05, 0.1) is 6.42 Å². The third-order valence-corrected chi connectivity index (χ3v) is 3.32. The van der Waals surface area contributed by atoms with E-state index >= 15 is 0 Å². The number of piperazine rings is 1. The molecule has 0 aromatic carbocycles. The molecule has 1 rings (SSSR count). The first kappa shape index (κ1) is 13.5. The number of aliphatic carboxylic acids is 1.